The van der Waals surface area contributed by atoms with Crippen LogP contribution in [0.3, 0.4) is 0 Å². The van der Waals surface area contributed by atoms with Crippen LogP contribution in [0.15, 0.2) is 24.3 Å². The van der Waals surface area contributed by atoms with Crippen LogP contribution >= 0.6 is 0 Å². The third-order valence-electron chi connectivity index (χ3n) is 4.54. The third kappa shape index (κ3) is 4.03. The molecule has 5 nitrogen and oxygen atoms in total. The summed E-state index contributed by atoms with van der Waals surface area (Å²) in [6, 6.07) is 7.16. The van der Waals surface area contributed by atoms with Crippen molar-refractivity contribution in [3.05, 3.63) is 29.8 Å². The second-order valence-corrected chi connectivity index (χ2v) is 5.81. The molecule has 1 saturated heterocycles. The summed E-state index contributed by atoms with van der Waals surface area (Å²) in [5, 5.41) is 0. The van der Waals surface area contributed by atoms with Crippen molar-refractivity contribution in [2.45, 2.75) is 26.7 Å². The van der Waals surface area contributed by atoms with Gasteiger partial charge in [0.1, 0.15) is 5.75 Å². The second kappa shape index (κ2) is 7.99. The zero-order valence-corrected chi connectivity index (χ0v) is 14.2. The van der Waals surface area contributed by atoms with E-state index in [1.54, 1.807) is 31.4 Å². The Bertz CT molecular complexity index is 530. The number of methoxy groups -OCH3 is 1. The fourth-order valence-corrected chi connectivity index (χ4v) is 3.04. The molecule has 0 N–H and O–H groups in total. The SMILES string of the molecule is CCN(CC)C(=O)C1CCN(C(=O)c2ccc(OC)cc2)CC1. The van der Waals surface area contributed by atoms with Gasteiger partial charge < -0.3 is 14.5 Å². The number of carbonyl (C=O) groups is 2. The van der Waals surface area contributed by atoms with Gasteiger partial charge in [0.2, 0.25) is 5.91 Å². The zero-order chi connectivity index (χ0) is 16.8. The van der Waals surface area contributed by atoms with Gasteiger partial charge in [-0.1, -0.05) is 0 Å². The van der Waals surface area contributed by atoms with E-state index in [-0.39, 0.29) is 17.7 Å². The highest BCUT2D eigenvalue weighted by Gasteiger charge is 2.29. The van der Waals surface area contributed by atoms with Gasteiger partial charge in [-0.05, 0) is 51.0 Å². The average molecular weight is 318 g/mol. The molecule has 1 aliphatic rings. The lowest BCUT2D eigenvalue weighted by atomic mass is 9.94. The summed E-state index contributed by atoms with van der Waals surface area (Å²) >= 11 is 0. The Morgan fingerprint density at radius 3 is 2.17 bits per heavy atom. The molecule has 0 bridgehead atoms. The quantitative estimate of drug-likeness (QED) is 0.838. The lowest BCUT2D eigenvalue weighted by Gasteiger charge is -2.33. The van der Waals surface area contributed by atoms with E-state index in [9.17, 15) is 9.59 Å². The fraction of sp³-hybridized carbons (Fsp3) is 0.556. The Morgan fingerprint density at radius 1 is 1.13 bits per heavy atom. The molecule has 1 fully saturated rings. The standard InChI is InChI=1S/C18H26N2O3/c1-4-19(5-2)17(21)15-10-12-20(13-11-15)18(22)14-6-8-16(23-3)9-7-14/h6-9,15H,4-5,10-13H2,1-3H3. The molecule has 0 saturated carbocycles. The minimum absolute atomic E-state index is 0.0291. The molecule has 126 valence electrons. The Kier molecular flexibility index (Phi) is 6.02. The lowest BCUT2D eigenvalue weighted by molar-refractivity contribution is -0.136. The van der Waals surface area contributed by atoms with Crippen LogP contribution in [0.5, 0.6) is 5.75 Å². The molecule has 0 aliphatic carbocycles. The number of likely N-dealkylation sites (tertiary alicyclic amines) is 1. The fourth-order valence-electron chi connectivity index (χ4n) is 3.04. The van der Waals surface area contributed by atoms with E-state index in [2.05, 4.69) is 0 Å². The van der Waals surface area contributed by atoms with Gasteiger partial charge in [-0.25, -0.2) is 0 Å². The Hall–Kier alpha value is -2.04. The molecule has 5 heteroatoms. The van der Waals surface area contributed by atoms with E-state index >= 15 is 0 Å². The molecule has 0 unspecified atom stereocenters. The number of amides is 2. The summed E-state index contributed by atoms with van der Waals surface area (Å²) in [5.41, 5.74) is 0.666. The van der Waals surface area contributed by atoms with Crippen molar-refractivity contribution in [2.75, 3.05) is 33.3 Å². The first-order valence-corrected chi connectivity index (χ1v) is 8.32. The first-order chi connectivity index (χ1) is 11.1. The summed E-state index contributed by atoms with van der Waals surface area (Å²) < 4.78 is 5.11. The van der Waals surface area contributed by atoms with Gasteiger partial charge in [0.15, 0.2) is 0 Å². The molecule has 1 aromatic carbocycles. The Labute approximate surface area is 138 Å². The van der Waals surface area contributed by atoms with E-state index < -0.39 is 0 Å². The highest BCUT2D eigenvalue weighted by Crippen LogP contribution is 2.22. The zero-order valence-electron chi connectivity index (χ0n) is 14.2. The van der Waals surface area contributed by atoms with Crippen molar-refractivity contribution in [2.24, 2.45) is 5.92 Å². The monoisotopic (exact) mass is 318 g/mol. The highest BCUT2D eigenvalue weighted by atomic mass is 16.5. The number of nitrogens with zero attached hydrogens (tertiary/aromatic N) is 2. The van der Waals surface area contributed by atoms with Gasteiger partial charge in [0, 0.05) is 37.7 Å². The van der Waals surface area contributed by atoms with Gasteiger partial charge >= 0.3 is 0 Å². The average Bonchev–Trinajstić information content (AvgIpc) is 2.62. The van der Waals surface area contributed by atoms with Crippen LogP contribution in [0.2, 0.25) is 0 Å². The molecule has 0 atom stereocenters. The molecule has 1 aromatic rings. The van der Waals surface area contributed by atoms with Crippen molar-refractivity contribution in [1.29, 1.82) is 0 Å². The summed E-state index contributed by atoms with van der Waals surface area (Å²) in [6.45, 7) is 6.79. The van der Waals surface area contributed by atoms with Crippen molar-refractivity contribution >= 4 is 11.8 Å². The topological polar surface area (TPSA) is 49.9 Å². The molecule has 1 heterocycles. The van der Waals surface area contributed by atoms with Gasteiger partial charge in [-0.3, -0.25) is 9.59 Å². The van der Waals surface area contributed by atoms with Gasteiger partial charge in [0.05, 0.1) is 7.11 Å². The molecule has 1 aliphatic heterocycles. The molecule has 0 aromatic heterocycles. The maximum absolute atomic E-state index is 12.5. The minimum atomic E-state index is 0.0291. The van der Waals surface area contributed by atoms with Crippen LogP contribution in [-0.4, -0.2) is 54.9 Å². The molecule has 0 spiro atoms. The predicted octanol–water partition coefficient (Wildman–Crippen LogP) is 2.42. The predicted molar refractivity (Wildman–Crippen MR) is 89.5 cm³/mol. The van der Waals surface area contributed by atoms with E-state index in [1.807, 2.05) is 23.6 Å². The van der Waals surface area contributed by atoms with E-state index in [0.717, 1.165) is 31.7 Å². The number of benzene rings is 1. The van der Waals surface area contributed by atoms with Gasteiger partial charge in [0.25, 0.3) is 5.91 Å². The maximum atomic E-state index is 12.5. The summed E-state index contributed by atoms with van der Waals surface area (Å²) in [6.07, 6.45) is 1.49. The number of piperidine rings is 1. The van der Waals surface area contributed by atoms with E-state index in [1.165, 1.54) is 0 Å². The van der Waals surface area contributed by atoms with Crippen molar-refractivity contribution < 1.29 is 14.3 Å². The number of rotatable bonds is 5. The number of carbonyl (C=O) groups excluding carboxylic acids is 2. The van der Waals surface area contributed by atoms with Crippen LogP contribution in [0, 0.1) is 5.92 Å². The van der Waals surface area contributed by atoms with Crippen molar-refractivity contribution in [3.8, 4) is 5.75 Å². The molecule has 0 radical (unpaired) electrons. The Balaban J connectivity index is 1.93. The van der Waals surface area contributed by atoms with Crippen LogP contribution in [0.25, 0.3) is 0 Å². The normalized spacial score (nSPS) is 15.3. The molecular weight excluding hydrogens is 292 g/mol. The first-order valence-electron chi connectivity index (χ1n) is 8.32. The number of hydrogen-bond donors (Lipinski definition) is 0. The molecule has 23 heavy (non-hydrogen) atoms. The highest BCUT2D eigenvalue weighted by molar-refractivity contribution is 5.94. The molecule has 2 amide bonds. The second-order valence-electron chi connectivity index (χ2n) is 5.81. The maximum Gasteiger partial charge on any atom is 0.253 e. The summed E-state index contributed by atoms with van der Waals surface area (Å²) in [7, 11) is 1.61. The number of ether oxygens (including phenoxy) is 1. The third-order valence-corrected chi connectivity index (χ3v) is 4.54. The van der Waals surface area contributed by atoms with E-state index in [4.69, 9.17) is 4.74 Å². The Morgan fingerprint density at radius 2 is 1.70 bits per heavy atom. The van der Waals surface area contributed by atoms with Crippen molar-refractivity contribution in [1.82, 2.24) is 9.80 Å². The van der Waals surface area contributed by atoms with Crippen LogP contribution in [-0.2, 0) is 4.79 Å². The smallest absolute Gasteiger partial charge is 0.253 e. The largest absolute Gasteiger partial charge is 0.497 e. The van der Waals surface area contributed by atoms with Crippen LogP contribution in [0.1, 0.15) is 37.0 Å². The van der Waals surface area contributed by atoms with Gasteiger partial charge in [-0.2, -0.15) is 0 Å². The molecule has 2 rings (SSSR count). The minimum Gasteiger partial charge on any atom is -0.497 e. The van der Waals surface area contributed by atoms with E-state index in [0.29, 0.717) is 18.7 Å². The van der Waals surface area contributed by atoms with Crippen LogP contribution in [0.4, 0.5) is 0 Å². The summed E-state index contributed by atoms with van der Waals surface area (Å²) in [4.78, 5) is 28.6. The lowest BCUT2D eigenvalue weighted by Crippen LogP contribution is -2.44. The summed E-state index contributed by atoms with van der Waals surface area (Å²) in [5.74, 6) is 1.05. The van der Waals surface area contributed by atoms with Crippen molar-refractivity contribution in [3.63, 3.8) is 0 Å². The van der Waals surface area contributed by atoms with Gasteiger partial charge in [-0.15, -0.1) is 0 Å². The molecular formula is C18H26N2O3. The number of hydrogen-bond acceptors (Lipinski definition) is 3. The van der Waals surface area contributed by atoms with Crippen LogP contribution < -0.4 is 4.74 Å². The first kappa shape index (κ1) is 17.3.